The standard InChI is InChI=1S/C13H16O5/c1-7-5-8-6-9(15-2)11(16-3)12(17-4)10(8)13(14)18-7/h6-7H,5H2,1-4H3. The van der Waals surface area contributed by atoms with Crippen molar-refractivity contribution in [3.05, 3.63) is 17.2 Å². The van der Waals surface area contributed by atoms with Crippen LogP contribution >= 0.6 is 0 Å². The summed E-state index contributed by atoms with van der Waals surface area (Å²) in [4.78, 5) is 11.9. The average molecular weight is 252 g/mol. The maximum Gasteiger partial charge on any atom is 0.342 e. The van der Waals surface area contributed by atoms with E-state index in [0.717, 1.165) is 5.56 Å². The SMILES string of the molecule is COc1cc2c(c(OC)c1OC)C(=O)OC(C)C2. The fourth-order valence-electron chi connectivity index (χ4n) is 2.18. The molecule has 0 radical (unpaired) electrons. The van der Waals surface area contributed by atoms with E-state index >= 15 is 0 Å². The lowest BCUT2D eigenvalue weighted by molar-refractivity contribution is 0.0295. The summed E-state index contributed by atoms with van der Waals surface area (Å²) >= 11 is 0. The van der Waals surface area contributed by atoms with Crippen LogP contribution in [0.5, 0.6) is 17.2 Å². The number of hydrogen-bond donors (Lipinski definition) is 0. The largest absolute Gasteiger partial charge is 0.493 e. The number of esters is 1. The molecule has 0 aliphatic carbocycles. The lowest BCUT2D eigenvalue weighted by Crippen LogP contribution is -2.26. The van der Waals surface area contributed by atoms with E-state index in [4.69, 9.17) is 18.9 Å². The number of carbonyl (C=O) groups excluding carboxylic acids is 1. The number of benzene rings is 1. The van der Waals surface area contributed by atoms with Gasteiger partial charge in [-0.2, -0.15) is 0 Å². The number of methoxy groups -OCH3 is 3. The van der Waals surface area contributed by atoms with Crippen LogP contribution in [0, 0.1) is 0 Å². The molecular formula is C13H16O5. The zero-order chi connectivity index (χ0) is 13.3. The Kier molecular flexibility index (Phi) is 3.32. The molecule has 1 atom stereocenters. The lowest BCUT2D eigenvalue weighted by Gasteiger charge is -2.25. The van der Waals surface area contributed by atoms with Crippen LogP contribution in [0.3, 0.4) is 0 Å². The van der Waals surface area contributed by atoms with Gasteiger partial charge in [0.25, 0.3) is 0 Å². The summed E-state index contributed by atoms with van der Waals surface area (Å²) < 4.78 is 21.0. The molecule has 2 rings (SSSR count). The van der Waals surface area contributed by atoms with Crippen LogP contribution in [0.2, 0.25) is 0 Å². The van der Waals surface area contributed by atoms with Crippen LogP contribution < -0.4 is 14.2 Å². The molecule has 1 aliphatic rings. The molecule has 1 aromatic carbocycles. The second-order valence-corrected chi connectivity index (χ2v) is 4.10. The number of fused-ring (bicyclic) bond motifs is 1. The van der Waals surface area contributed by atoms with Crippen molar-refractivity contribution in [3.63, 3.8) is 0 Å². The first-order valence-corrected chi connectivity index (χ1v) is 5.65. The zero-order valence-corrected chi connectivity index (χ0v) is 10.9. The first kappa shape index (κ1) is 12.5. The van der Waals surface area contributed by atoms with Gasteiger partial charge in [-0.05, 0) is 18.6 Å². The van der Waals surface area contributed by atoms with Gasteiger partial charge in [0.1, 0.15) is 11.7 Å². The normalized spacial score (nSPS) is 17.8. The summed E-state index contributed by atoms with van der Waals surface area (Å²) in [7, 11) is 4.54. The number of hydrogen-bond acceptors (Lipinski definition) is 5. The molecule has 0 amide bonds. The minimum atomic E-state index is -0.387. The van der Waals surface area contributed by atoms with Gasteiger partial charge in [-0.15, -0.1) is 0 Å². The van der Waals surface area contributed by atoms with Crippen molar-refractivity contribution in [1.82, 2.24) is 0 Å². The number of rotatable bonds is 3. The summed E-state index contributed by atoms with van der Waals surface area (Å²) in [5.74, 6) is 0.936. The smallest absolute Gasteiger partial charge is 0.342 e. The summed E-state index contributed by atoms with van der Waals surface area (Å²) in [6.45, 7) is 1.85. The third kappa shape index (κ3) is 1.85. The number of carbonyl (C=O) groups is 1. The Balaban J connectivity index is 2.68. The Hall–Kier alpha value is -1.91. The van der Waals surface area contributed by atoms with Gasteiger partial charge in [0.05, 0.1) is 21.3 Å². The molecule has 5 heteroatoms. The summed E-state index contributed by atoms with van der Waals surface area (Å²) in [5, 5.41) is 0. The fourth-order valence-corrected chi connectivity index (χ4v) is 2.18. The second kappa shape index (κ2) is 4.76. The van der Waals surface area contributed by atoms with Crippen molar-refractivity contribution in [2.24, 2.45) is 0 Å². The monoisotopic (exact) mass is 252 g/mol. The van der Waals surface area contributed by atoms with Crippen LogP contribution in [0.1, 0.15) is 22.8 Å². The Morgan fingerprint density at radius 2 is 1.83 bits per heavy atom. The highest BCUT2D eigenvalue weighted by Crippen LogP contribution is 2.43. The molecule has 0 spiro atoms. The molecule has 1 aliphatic heterocycles. The Bertz CT molecular complexity index is 481. The van der Waals surface area contributed by atoms with Crippen LogP contribution in [0.15, 0.2) is 6.07 Å². The van der Waals surface area contributed by atoms with Gasteiger partial charge in [0.2, 0.25) is 5.75 Å². The molecule has 5 nitrogen and oxygen atoms in total. The van der Waals surface area contributed by atoms with Gasteiger partial charge in [-0.1, -0.05) is 0 Å². The maximum absolute atomic E-state index is 11.9. The summed E-state index contributed by atoms with van der Waals surface area (Å²) in [5.41, 5.74) is 1.28. The molecule has 1 unspecified atom stereocenters. The van der Waals surface area contributed by atoms with E-state index < -0.39 is 0 Å². The lowest BCUT2D eigenvalue weighted by atomic mass is 9.97. The Labute approximate surface area is 106 Å². The summed E-state index contributed by atoms with van der Waals surface area (Å²) in [6.07, 6.45) is 0.491. The van der Waals surface area contributed by atoms with Gasteiger partial charge in [-0.3, -0.25) is 0 Å². The van der Waals surface area contributed by atoms with E-state index in [1.54, 1.807) is 13.2 Å². The van der Waals surface area contributed by atoms with E-state index in [2.05, 4.69) is 0 Å². The number of cyclic esters (lactones) is 1. The Morgan fingerprint density at radius 3 is 2.39 bits per heavy atom. The van der Waals surface area contributed by atoms with Gasteiger partial charge >= 0.3 is 5.97 Å². The molecule has 0 saturated carbocycles. The summed E-state index contributed by atoms with van der Waals surface area (Å²) in [6, 6.07) is 1.80. The van der Waals surface area contributed by atoms with E-state index in [9.17, 15) is 4.79 Å². The fraction of sp³-hybridized carbons (Fsp3) is 0.462. The molecule has 0 fully saturated rings. The van der Waals surface area contributed by atoms with Gasteiger partial charge in [-0.25, -0.2) is 4.79 Å². The predicted octanol–water partition coefficient (Wildman–Crippen LogP) is 1.81. The van der Waals surface area contributed by atoms with E-state index in [-0.39, 0.29) is 12.1 Å². The third-order valence-corrected chi connectivity index (χ3v) is 2.93. The number of ether oxygens (including phenoxy) is 4. The average Bonchev–Trinajstić information content (AvgIpc) is 2.35. The van der Waals surface area contributed by atoms with Crippen LogP contribution in [0.25, 0.3) is 0 Å². The van der Waals surface area contributed by atoms with Crippen molar-refractivity contribution in [3.8, 4) is 17.2 Å². The first-order valence-electron chi connectivity index (χ1n) is 5.65. The van der Waals surface area contributed by atoms with Crippen LogP contribution in [0.4, 0.5) is 0 Å². The second-order valence-electron chi connectivity index (χ2n) is 4.10. The van der Waals surface area contributed by atoms with Gasteiger partial charge in [0, 0.05) is 6.42 Å². The highest BCUT2D eigenvalue weighted by Gasteiger charge is 2.31. The first-order chi connectivity index (χ1) is 8.62. The van der Waals surface area contributed by atoms with Crippen molar-refractivity contribution in [2.75, 3.05) is 21.3 Å². The Morgan fingerprint density at radius 1 is 1.17 bits per heavy atom. The quantitative estimate of drug-likeness (QED) is 0.768. The van der Waals surface area contributed by atoms with Crippen molar-refractivity contribution in [1.29, 1.82) is 0 Å². The molecule has 0 N–H and O–H groups in total. The van der Waals surface area contributed by atoms with Crippen molar-refractivity contribution < 1.29 is 23.7 Å². The van der Waals surface area contributed by atoms with E-state index in [1.807, 2.05) is 6.92 Å². The van der Waals surface area contributed by atoms with Gasteiger partial charge < -0.3 is 18.9 Å². The predicted molar refractivity (Wildman–Crippen MR) is 64.7 cm³/mol. The van der Waals surface area contributed by atoms with Gasteiger partial charge in [0.15, 0.2) is 11.5 Å². The third-order valence-electron chi connectivity index (χ3n) is 2.93. The van der Waals surface area contributed by atoms with E-state index in [0.29, 0.717) is 29.2 Å². The van der Waals surface area contributed by atoms with Crippen molar-refractivity contribution in [2.45, 2.75) is 19.4 Å². The molecule has 98 valence electrons. The highest BCUT2D eigenvalue weighted by molar-refractivity contribution is 5.97. The molecule has 0 bridgehead atoms. The maximum atomic E-state index is 11.9. The molecule has 18 heavy (non-hydrogen) atoms. The topological polar surface area (TPSA) is 54.0 Å². The minimum absolute atomic E-state index is 0.146. The molecule has 1 heterocycles. The van der Waals surface area contributed by atoms with Crippen LogP contribution in [-0.2, 0) is 11.2 Å². The van der Waals surface area contributed by atoms with E-state index in [1.165, 1.54) is 14.2 Å². The molecule has 1 aromatic rings. The minimum Gasteiger partial charge on any atom is -0.493 e. The molecular weight excluding hydrogens is 236 g/mol. The molecule has 0 saturated heterocycles. The highest BCUT2D eigenvalue weighted by atomic mass is 16.6. The van der Waals surface area contributed by atoms with Crippen molar-refractivity contribution >= 4 is 5.97 Å². The van der Waals surface area contributed by atoms with Crippen LogP contribution in [-0.4, -0.2) is 33.4 Å². The zero-order valence-electron chi connectivity index (χ0n) is 10.9. The molecule has 0 aromatic heterocycles.